The molecule has 0 unspecified atom stereocenters. The zero-order valence-corrected chi connectivity index (χ0v) is 31.3. The molecule has 280 valence electrons. The van der Waals surface area contributed by atoms with Crippen molar-refractivity contribution in [2.24, 2.45) is 0 Å². The molecule has 0 bridgehead atoms. The lowest BCUT2D eigenvalue weighted by Gasteiger charge is -2.31. The number of rotatable bonds is 0. The fraction of sp³-hybridized carbons (Fsp3) is 0.800. The van der Waals surface area contributed by atoms with Gasteiger partial charge in [0.05, 0.1) is 0 Å². The summed E-state index contributed by atoms with van der Waals surface area (Å²) in [6, 6.07) is 0. The number of hydrogen-bond acceptors (Lipinski definition) is 7. The molecule has 0 radical (unpaired) electrons. The van der Waals surface area contributed by atoms with Crippen molar-refractivity contribution in [2.45, 2.75) is 93.4 Å². The standard InChI is InChI=1S/C18H32N4O4.C17H31N3O3/c1-15(23)19-7-5-8-21(17(3)25)13-14-22(18(4)26)10-6-9-20(12-11-19)16(2)24;1-15(21)18-9-6-4-5-7-10-19(16(2)22)13-14-20(17(3)23)12-8-11-18/h5-14H2,1-4H3;4-14H2,1-3H3. The summed E-state index contributed by atoms with van der Waals surface area (Å²) in [5.74, 6) is 0.0819. The van der Waals surface area contributed by atoms with Gasteiger partial charge in [-0.15, -0.1) is 0 Å². The van der Waals surface area contributed by atoms with Crippen molar-refractivity contribution in [3.05, 3.63) is 0 Å². The van der Waals surface area contributed by atoms with Crippen LogP contribution in [0, 0.1) is 0 Å². The third kappa shape index (κ3) is 18.0. The average molecular weight is 694 g/mol. The Bertz CT molecular complexity index is 1010. The summed E-state index contributed by atoms with van der Waals surface area (Å²) in [5.41, 5.74) is 0. The Kier molecular flexibility index (Phi) is 20.9. The highest BCUT2D eigenvalue weighted by Crippen LogP contribution is 2.08. The molecule has 0 atom stereocenters. The van der Waals surface area contributed by atoms with Crippen LogP contribution < -0.4 is 0 Å². The predicted molar refractivity (Wildman–Crippen MR) is 188 cm³/mol. The number of amides is 7. The lowest BCUT2D eigenvalue weighted by atomic mass is 10.1. The van der Waals surface area contributed by atoms with E-state index in [1.165, 1.54) is 27.7 Å². The average Bonchev–Trinajstić information content (AvgIpc) is 3.01. The topological polar surface area (TPSA) is 142 Å². The summed E-state index contributed by atoms with van der Waals surface area (Å²) >= 11 is 0. The third-order valence-corrected chi connectivity index (χ3v) is 9.21. The Hall–Kier alpha value is -3.71. The molecule has 7 amide bonds. The maximum absolute atomic E-state index is 11.8. The second-order valence-corrected chi connectivity index (χ2v) is 13.0. The van der Waals surface area contributed by atoms with Crippen LogP contribution in [0.15, 0.2) is 0 Å². The van der Waals surface area contributed by atoms with E-state index in [-0.39, 0.29) is 41.4 Å². The molecule has 0 aromatic heterocycles. The summed E-state index contributed by atoms with van der Waals surface area (Å²) in [5, 5.41) is 0. The van der Waals surface area contributed by atoms with Crippen LogP contribution in [-0.4, -0.2) is 167 Å². The summed E-state index contributed by atoms with van der Waals surface area (Å²) < 4.78 is 0. The van der Waals surface area contributed by atoms with Crippen molar-refractivity contribution in [3.63, 3.8) is 0 Å². The molecule has 14 nitrogen and oxygen atoms in total. The van der Waals surface area contributed by atoms with Gasteiger partial charge in [-0.25, -0.2) is 0 Å². The van der Waals surface area contributed by atoms with Crippen molar-refractivity contribution in [1.29, 1.82) is 0 Å². The number of carbonyl (C=O) groups is 7. The van der Waals surface area contributed by atoms with Crippen LogP contribution in [-0.2, 0) is 33.6 Å². The van der Waals surface area contributed by atoms with Crippen LogP contribution in [0.3, 0.4) is 0 Å². The van der Waals surface area contributed by atoms with Gasteiger partial charge in [-0.3, -0.25) is 33.6 Å². The molecular weight excluding hydrogens is 630 g/mol. The van der Waals surface area contributed by atoms with Gasteiger partial charge < -0.3 is 34.3 Å². The molecule has 0 N–H and O–H groups in total. The van der Waals surface area contributed by atoms with Crippen LogP contribution >= 0.6 is 0 Å². The van der Waals surface area contributed by atoms with Gasteiger partial charge in [0.25, 0.3) is 0 Å². The van der Waals surface area contributed by atoms with E-state index in [2.05, 4.69) is 0 Å². The van der Waals surface area contributed by atoms with E-state index < -0.39 is 0 Å². The van der Waals surface area contributed by atoms with E-state index in [1.54, 1.807) is 45.3 Å². The Balaban J connectivity index is 0.000000494. The second kappa shape index (κ2) is 23.6. The molecule has 2 rings (SSSR count). The molecule has 2 saturated heterocycles. The van der Waals surface area contributed by atoms with Crippen molar-refractivity contribution < 1.29 is 33.6 Å². The molecule has 0 spiro atoms. The molecule has 2 heterocycles. The van der Waals surface area contributed by atoms with E-state index in [0.29, 0.717) is 91.4 Å². The van der Waals surface area contributed by atoms with Crippen LogP contribution in [0.1, 0.15) is 93.4 Å². The molecule has 0 aliphatic carbocycles. The van der Waals surface area contributed by atoms with Gasteiger partial charge in [0, 0.05) is 140 Å². The van der Waals surface area contributed by atoms with Gasteiger partial charge in [0.2, 0.25) is 41.4 Å². The maximum atomic E-state index is 11.8. The fourth-order valence-corrected chi connectivity index (χ4v) is 6.03. The van der Waals surface area contributed by atoms with E-state index in [0.717, 1.165) is 45.2 Å². The van der Waals surface area contributed by atoms with E-state index in [4.69, 9.17) is 0 Å². The molecule has 2 aliphatic rings. The zero-order valence-electron chi connectivity index (χ0n) is 31.3. The first kappa shape index (κ1) is 43.3. The summed E-state index contributed by atoms with van der Waals surface area (Å²) in [6.45, 7) is 18.9. The van der Waals surface area contributed by atoms with Gasteiger partial charge in [0.15, 0.2) is 0 Å². The normalized spacial score (nSPS) is 18.7. The molecule has 2 fully saturated rings. The Morgan fingerprint density at radius 1 is 0.224 bits per heavy atom. The Morgan fingerprint density at radius 3 is 0.531 bits per heavy atom. The van der Waals surface area contributed by atoms with E-state index in [1.807, 2.05) is 9.80 Å². The first-order valence-electron chi connectivity index (χ1n) is 17.9. The lowest BCUT2D eigenvalue weighted by molar-refractivity contribution is -0.134. The predicted octanol–water partition coefficient (Wildman–Crippen LogP) is 1.67. The zero-order chi connectivity index (χ0) is 36.9. The Labute approximate surface area is 294 Å². The minimum absolute atomic E-state index is 0.0231. The van der Waals surface area contributed by atoms with Crippen molar-refractivity contribution in [3.8, 4) is 0 Å². The van der Waals surface area contributed by atoms with Gasteiger partial charge in [-0.1, -0.05) is 12.8 Å². The monoisotopic (exact) mass is 693 g/mol. The molecule has 49 heavy (non-hydrogen) atoms. The van der Waals surface area contributed by atoms with E-state index >= 15 is 0 Å². The molecule has 0 aromatic carbocycles. The minimum Gasteiger partial charge on any atom is -0.343 e. The SMILES string of the molecule is CC(=O)N1CCCCCCN(C(C)=O)CCN(C(C)=O)CCC1.CC(=O)N1CCCN(C(C)=O)CCN(C(C)=O)CCCN(C(C)=O)CC1. The lowest BCUT2D eigenvalue weighted by Crippen LogP contribution is -2.44. The maximum Gasteiger partial charge on any atom is 0.219 e. The van der Waals surface area contributed by atoms with Gasteiger partial charge in [-0.05, 0) is 32.1 Å². The third-order valence-electron chi connectivity index (χ3n) is 9.21. The summed E-state index contributed by atoms with van der Waals surface area (Å²) in [7, 11) is 0. The van der Waals surface area contributed by atoms with Gasteiger partial charge in [-0.2, -0.15) is 0 Å². The van der Waals surface area contributed by atoms with Crippen molar-refractivity contribution >= 4 is 41.4 Å². The van der Waals surface area contributed by atoms with Crippen molar-refractivity contribution in [2.75, 3.05) is 91.6 Å². The molecule has 0 saturated carbocycles. The number of carbonyl (C=O) groups excluding carboxylic acids is 7. The summed E-state index contributed by atoms with van der Waals surface area (Å²) in [4.78, 5) is 94.9. The van der Waals surface area contributed by atoms with Gasteiger partial charge in [0.1, 0.15) is 0 Å². The van der Waals surface area contributed by atoms with Crippen LogP contribution in [0.5, 0.6) is 0 Å². The molecule has 2 aliphatic heterocycles. The quantitative estimate of drug-likeness (QED) is 0.376. The smallest absolute Gasteiger partial charge is 0.219 e. The fourth-order valence-electron chi connectivity index (χ4n) is 6.03. The molecule has 0 aromatic rings. The van der Waals surface area contributed by atoms with E-state index in [9.17, 15) is 33.6 Å². The first-order chi connectivity index (χ1) is 23.1. The molecular formula is C35H63N7O7. The summed E-state index contributed by atoms with van der Waals surface area (Å²) in [6.07, 6.45) is 6.22. The van der Waals surface area contributed by atoms with Crippen LogP contribution in [0.25, 0.3) is 0 Å². The minimum atomic E-state index is -0.0299. The number of hydrogen-bond donors (Lipinski definition) is 0. The second-order valence-electron chi connectivity index (χ2n) is 13.0. The first-order valence-corrected chi connectivity index (χ1v) is 17.9. The highest BCUT2D eigenvalue weighted by atomic mass is 16.2. The van der Waals surface area contributed by atoms with Crippen LogP contribution in [0.4, 0.5) is 0 Å². The van der Waals surface area contributed by atoms with Gasteiger partial charge >= 0.3 is 0 Å². The highest BCUT2D eigenvalue weighted by molar-refractivity contribution is 5.76. The molecule has 14 heteroatoms. The van der Waals surface area contributed by atoms with Crippen molar-refractivity contribution in [1.82, 2.24) is 34.3 Å². The number of nitrogens with zero attached hydrogens (tertiary/aromatic N) is 7. The largest absolute Gasteiger partial charge is 0.343 e. The van der Waals surface area contributed by atoms with Crippen LogP contribution in [0.2, 0.25) is 0 Å². The highest BCUT2D eigenvalue weighted by Gasteiger charge is 2.19. The Morgan fingerprint density at radius 2 is 0.367 bits per heavy atom.